The molecule has 9 heteroatoms. The molecule has 0 saturated carbocycles. The van der Waals surface area contributed by atoms with Gasteiger partial charge in [0.05, 0.1) is 10.2 Å². The van der Waals surface area contributed by atoms with Gasteiger partial charge in [0.15, 0.2) is 17.5 Å². The van der Waals surface area contributed by atoms with Crippen LogP contribution in [0.3, 0.4) is 0 Å². The van der Waals surface area contributed by atoms with Gasteiger partial charge >= 0.3 is 6.11 Å². The molecule has 4 aromatic rings. The van der Waals surface area contributed by atoms with Crippen molar-refractivity contribution in [3.05, 3.63) is 88.4 Å². The molecule has 5 rings (SSSR count). The lowest BCUT2D eigenvalue weighted by Crippen LogP contribution is -2.21. The van der Waals surface area contributed by atoms with Crippen LogP contribution in [0, 0.1) is 29.2 Å². The Morgan fingerprint density at radius 3 is 2.31 bits per heavy atom. The third-order valence-electron chi connectivity index (χ3n) is 6.16. The predicted molar refractivity (Wildman–Crippen MR) is 127 cm³/mol. The Balaban J connectivity index is 1.42. The van der Waals surface area contributed by atoms with Gasteiger partial charge in [-0.25, -0.2) is 22.5 Å². The number of aromatic nitrogens is 1. The second-order valence-corrected chi connectivity index (χ2v) is 9.86. The number of halogens is 6. The predicted octanol–water partition coefficient (Wildman–Crippen LogP) is 8.85. The number of allylic oxidation sites excluding steroid dienone is 2. The molecule has 1 heterocycles. The Labute approximate surface area is 206 Å². The number of thiazole rings is 1. The third kappa shape index (κ3) is 4.72. The quantitative estimate of drug-likeness (QED) is 0.194. The average Bonchev–Trinajstić information content (AvgIpc) is 3.27. The van der Waals surface area contributed by atoms with Crippen LogP contribution in [0.2, 0.25) is 0 Å². The molecule has 2 nitrogen and oxygen atoms in total. The van der Waals surface area contributed by atoms with Gasteiger partial charge in [0.2, 0.25) is 5.01 Å². The third-order valence-corrected chi connectivity index (χ3v) is 7.23. The van der Waals surface area contributed by atoms with E-state index in [2.05, 4.69) is 22.7 Å². The van der Waals surface area contributed by atoms with Crippen LogP contribution in [-0.4, -0.2) is 4.98 Å². The number of fused-ring (bicyclic) bond motifs is 1. The van der Waals surface area contributed by atoms with Gasteiger partial charge in [-0.05, 0) is 60.1 Å². The second kappa shape index (κ2) is 9.28. The van der Waals surface area contributed by atoms with E-state index < -0.39 is 40.1 Å². The number of benzene rings is 3. The van der Waals surface area contributed by atoms with Crippen LogP contribution in [0.1, 0.15) is 36.8 Å². The first-order chi connectivity index (χ1) is 17.1. The van der Waals surface area contributed by atoms with Crippen LogP contribution >= 0.6 is 11.3 Å². The van der Waals surface area contributed by atoms with E-state index in [9.17, 15) is 22.0 Å². The van der Waals surface area contributed by atoms with Crippen molar-refractivity contribution in [3.63, 3.8) is 0 Å². The fourth-order valence-electron chi connectivity index (χ4n) is 4.18. The number of hydrogen-bond acceptors (Lipinski definition) is 3. The van der Waals surface area contributed by atoms with Crippen molar-refractivity contribution in [2.45, 2.75) is 32.3 Å². The Hall–Kier alpha value is -3.33. The molecular weight excluding hydrogens is 500 g/mol. The zero-order valence-electron chi connectivity index (χ0n) is 18.9. The zero-order chi connectivity index (χ0) is 25.6. The lowest BCUT2D eigenvalue weighted by atomic mass is 9.87. The topological polar surface area (TPSA) is 22.1 Å². The number of rotatable bonds is 5. The highest BCUT2D eigenvalue weighted by Gasteiger charge is 2.39. The van der Waals surface area contributed by atoms with Gasteiger partial charge in [-0.15, -0.1) is 11.3 Å². The lowest BCUT2D eigenvalue weighted by Gasteiger charge is -2.18. The monoisotopic (exact) mass is 519 g/mol. The normalized spacial score (nSPS) is 16.3. The largest absolute Gasteiger partial charge is 0.454 e. The van der Waals surface area contributed by atoms with Crippen molar-refractivity contribution in [1.29, 1.82) is 0 Å². The number of ether oxygens (including phenoxy) is 1. The number of hydrogen-bond donors (Lipinski definition) is 0. The van der Waals surface area contributed by atoms with Gasteiger partial charge < -0.3 is 4.74 Å². The van der Waals surface area contributed by atoms with Crippen LogP contribution in [0.15, 0.2) is 54.6 Å². The van der Waals surface area contributed by atoms with Crippen LogP contribution < -0.4 is 4.74 Å². The fourth-order valence-corrected chi connectivity index (χ4v) is 5.09. The molecule has 0 N–H and O–H groups in total. The molecule has 1 aromatic heterocycles. The van der Waals surface area contributed by atoms with Crippen LogP contribution in [0.5, 0.6) is 5.75 Å². The van der Waals surface area contributed by atoms with Crippen molar-refractivity contribution in [3.8, 4) is 16.9 Å². The maximum atomic E-state index is 15.0. The first-order valence-corrected chi connectivity index (χ1v) is 12.0. The van der Waals surface area contributed by atoms with Crippen molar-refractivity contribution in [2.75, 3.05) is 0 Å². The summed E-state index contributed by atoms with van der Waals surface area (Å²) in [6.45, 7) is 2.18. The molecule has 1 aliphatic carbocycles. The van der Waals surface area contributed by atoms with Crippen LogP contribution in [0.4, 0.5) is 26.3 Å². The zero-order valence-corrected chi connectivity index (χ0v) is 19.7. The SMILES string of the molecule is CC1CC=C(c2ccc(-c3ccc4nc(C(F)(F)Oc5cc(F)c(F)c(F)c5)sc4c3)c(F)c2)CC1. The van der Waals surface area contributed by atoms with E-state index in [-0.39, 0.29) is 5.52 Å². The molecule has 0 amide bonds. The van der Waals surface area contributed by atoms with Crippen molar-refractivity contribution in [1.82, 2.24) is 4.98 Å². The van der Waals surface area contributed by atoms with Gasteiger partial charge in [-0.3, -0.25) is 0 Å². The van der Waals surface area contributed by atoms with Gasteiger partial charge in [-0.2, -0.15) is 8.78 Å². The van der Waals surface area contributed by atoms with E-state index in [1.807, 2.05) is 6.07 Å². The van der Waals surface area contributed by atoms with E-state index in [1.54, 1.807) is 18.2 Å². The van der Waals surface area contributed by atoms with Crippen molar-refractivity contribution < 1.29 is 31.1 Å². The molecule has 0 fully saturated rings. The molecule has 1 unspecified atom stereocenters. The molecule has 0 saturated heterocycles. The molecule has 0 radical (unpaired) electrons. The summed E-state index contributed by atoms with van der Waals surface area (Å²) >= 11 is 0.596. The first kappa shape index (κ1) is 24.4. The highest BCUT2D eigenvalue weighted by atomic mass is 32.1. The van der Waals surface area contributed by atoms with E-state index in [4.69, 9.17) is 0 Å². The standard InChI is InChI=1S/C27H19F6NOS/c1-14-2-4-15(5-3-14)16-6-8-19(20(28)10-16)17-7-9-23-24(11-17)36-26(34-23)27(32,33)35-18-12-21(29)25(31)22(30)13-18/h4,6-14H,2-3,5H2,1H3. The minimum Gasteiger partial charge on any atom is -0.427 e. The maximum absolute atomic E-state index is 15.0. The molecular formula is C27H19F6NOS. The Morgan fingerprint density at radius 1 is 0.917 bits per heavy atom. The van der Waals surface area contributed by atoms with Crippen LogP contribution in [0.25, 0.3) is 26.9 Å². The minimum atomic E-state index is -4.04. The molecule has 1 aliphatic rings. The number of alkyl halides is 2. The summed E-state index contributed by atoms with van der Waals surface area (Å²) in [4.78, 5) is 3.86. The molecule has 36 heavy (non-hydrogen) atoms. The molecule has 1 atom stereocenters. The number of nitrogens with zero attached hydrogens (tertiary/aromatic N) is 1. The maximum Gasteiger partial charge on any atom is 0.454 e. The van der Waals surface area contributed by atoms with Crippen molar-refractivity contribution in [2.24, 2.45) is 5.92 Å². The highest BCUT2D eigenvalue weighted by Crippen LogP contribution is 2.39. The molecule has 186 valence electrons. The second-order valence-electron chi connectivity index (χ2n) is 8.82. The summed E-state index contributed by atoms with van der Waals surface area (Å²) in [6.07, 6.45) is 1.01. The van der Waals surface area contributed by atoms with Crippen molar-refractivity contribution >= 4 is 27.1 Å². The Bertz CT molecular complexity index is 1470. The Kier molecular flexibility index (Phi) is 6.28. The average molecular weight is 520 g/mol. The lowest BCUT2D eigenvalue weighted by molar-refractivity contribution is -0.185. The summed E-state index contributed by atoms with van der Waals surface area (Å²) in [5.74, 6) is -5.80. The van der Waals surface area contributed by atoms with Crippen LogP contribution in [-0.2, 0) is 6.11 Å². The fraction of sp³-hybridized carbons (Fsp3) is 0.222. The Morgan fingerprint density at radius 2 is 1.64 bits per heavy atom. The molecule has 0 bridgehead atoms. The van der Waals surface area contributed by atoms with E-state index in [0.717, 1.165) is 30.4 Å². The summed E-state index contributed by atoms with van der Waals surface area (Å²) in [6, 6.07) is 10.3. The van der Waals surface area contributed by atoms with Gasteiger partial charge in [0, 0.05) is 17.7 Å². The smallest absolute Gasteiger partial charge is 0.427 e. The first-order valence-electron chi connectivity index (χ1n) is 11.2. The molecule has 0 aliphatic heterocycles. The summed E-state index contributed by atoms with van der Waals surface area (Å²) in [7, 11) is 0. The van der Waals surface area contributed by atoms with Gasteiger partial charge in [0.25, 0.3) is 0 Å². The molecule has 3 aromatic carbocycles. The van der Waals surface area contributed by atoms with Gasteiger partial charge in [-0.1, -0.05) is 31.2 Å². The van der Waals surface area contributed by atoms with E-state index in [0.29, 0.717) is 45.2 Å². The van der Waals surface area contributed by atoms with Gasteiger partial charge in [0.1, 0.15) is 11.6 Å². The van der Waals surface area contributed by atoms with E-state index in [1.165, 1.54) is 12.1 Å². The highest BCUT2D eigenvalue weighted by molar-refractivity contribution is 7.18. The minimum absolute atomic E-state index is 0.219. The summed E-state index contributed by atoms with van der Waals surface area (Å²) < 4.78 is 89.1. The summed E-state index contributed by atoms with van der Waals surface area (Å²) in [5, 5.41) is -0.769. The molecule has 0 spiro atoms. The summed E-state index contributed by atoms with van der Waals surface area (Å²) in [5.41, 5.74) is 2.97. The van der Waals surface area contributed by atoms with E-state index >= 15 is 4.39 Å².